The molecule has 2 aromatic rings. The van der Waals surface area contributed by atoms with E-state index in [4.69, 9.17) is 4.74 Å². The van der Waals surface area contributed by atoms with E-state index in [2.05, 4.69) is 27.7 Å². The van der Waals surface area contributed by atoms with Gasteiger partial charge in [-0.2, -0.15) is 0 Å². The highest BCUT2D eigenvalue weighted by Crippen LogP contribution is 2.39. The van der Waals surface area contributed by atoms with E-state index in [1.165, 1.54) is 11.3 Å². The van der Waals surface area contributed by atoms with Crippen molar-refractivity contribution in [2.24, 2.45) is 0 Å². The molecule has 3 rings (SSSR count). The van der Waals surface area contributed by atoms with Gasteiger partial charge in [0.15, 0.2) is 0 Å². The molecule has 0 saturated carbocycles. The van der Waals surface area contributed by atoms with Crippen molar-refractivity contribution in [1.82, 2.24) is 10.6 Å². The third-order valence-corrected chi connectivity index (χ3v) is 5.80. The average molecular weight is 402 g/mol. The smallest absolute Gasteiger partial charge is 0.262 e. The Morgan fingerprint density at radius 1 is 1.21 bits per heavy atom. The van der Waals surface area contributed by atoms with Crippen molar-refractivity contribution < 1.29 is 14.3 Å². The molecule has 7 heteroatoms. The van der Waals surface area contributed by atoms with Crippen LogP contribution in [0.2, 0.25) is 0 Å². The van der Waals surface area contributed by atoms with Crippen LogP contribution in [0.1, 0.15) is 29.9 Å². The molecular weight excluding hydrogens is 374 g/mol. The second-order valence-electron chi connectivity index (χ2n) is 6.78. The second-order valence-corrected chi connectivity index (χ2v) is 7.81. The van der Waals surface area contributed by atoms with Crippen LogP contribution >= 0.6 is 11.3 Å². The molecule has 150 valence electrons. The van der Waals surface area contributed by atoms with E-state index < -0.39 is 6.04 Å². The van der Waals surface area contributed by atoms with E-state index in [1.54, 1.807) is 6.92 Å². The normalized spacial score (nSPS) is 15.1. The van der Waals surface area contributed by atoms with Crippen molar-refractivity contribution in [3.63, 3.8) is 0 Å². The first-order chi connectivity index (χ1) is 13.6. The minimum atomic E-state index is -0.576. The minimum absolute atomic E-state index is 0.163. The molecular formula is C21H27N3O3S. The highest BCUT2D eigenvalue weighted by molar-refractivity contribution is 7.18. The summed E-state index contributed by atoms with van der Waals surface area (Å²) in [5, 5.41) is 6.70. The number of nitrogens with one attached hydrogen (secondary N) is 2. The topological polar surface area (TPSA) is 70.7 Å². The molecule has 28 heavy (non-hydrogen) atoms. The third-order valence-electron chi connectivity index (χ3n) is 4.61. The predicted octanol–water partition coefficient (Wildman–Crippen LogP) is 2.90. The summed E-state index contributed by atoms with van der Waals surface area (Å²) in [6, 6.07) is 11.4. The number of carbonyl (C=O) groups is 2. The summed E-state index contributed by atoms with van der Waals surface area (Å²) in [5.74, 6) is -0.385. The third kappa shape index (κ3) is 4.91. The van der Waals surface area contributed by atoms with Crippen molar-refractivity contribution in [2.45, 2.75) is 26.3 Å². The first-order valence-corrected chi connectivity index (χ1v) is 10.5. The van der Waals surface area contributed by atoms with Gasteiger partial charge in [0.05, 0.1) is 23.1 Å². The molecule has 1 saturated heterocycles. The van der Waals surface area contributed by atoms with Gasteiger partial charge < -0.3 is 20.3 Å². The van der Waals surface area contributed by atoms with Crippen LogP contribution in [0.3, 0.4) is 0 Å². The van der Waals surface area contributed by atoms with Crippen LogP contribution in [0, 0.1) is 0 Å². The van der Waals surface area contributed by atoms with E-state index in [0.717, 1.165) is 35.6 Å². The summed E-state index contributed by atoms with van der Waals surface area (Å²) in [4.78, 5) is 27.7. The molecule has 1 aliphatic rings. The van der Waals surface area contributed by atoms with Gasteiger partial charge in [-0.1, -0.05) is 37.3 Å². The van der Waals surface area contributed by atoms with Gasteiger partial charge in [-0.15, -0.1) is 11.3 Å². The maximum absolute atomic E-state index is 12.8. The lowest BCUT2D eigenvalue weighted by atomic mass is 10.1. The number of hydrogen-bond acceptors (Lipinski definition) is 5. The Bertz CT molecular complexity index is 800. The summed E-state index contributed by atoms with van der Waals surface area (Å²) in [6.45, 7) is 7.28. The fourth-order valence-corrected chi connectivity index (χ4v) is 4.19. The zero-order chi connectivity index (χ0) is 19.9. The number of thiophene rings is 1. The second kappa shape index (κ2) is 9.71. The predicted molar refractivity (Wildman–Crippen MR) is 113 cm³/mol. The number of carbonyl (C=O) groups excluding carboxylic acids is 2. The summed E-state index contributed by atoms with van der Waals surface area (Å²) < 4.78 is 5.47. The van der Waals surface area contributed by atoms with Gasteiger partial charge in [0, 0.05) is 25.2 Å². The summed E-state index contributed by atoms with van der Waals surface area (Å²) in [6.07, 6.45) is 0.862. The van der Waals surface area contributed by atoms with Crippen LogP contribution in [0.4, 0.5) is 5.00 Å². The van der Waals surface area contributed by atoms with Gasteiger partial charge >= 0.3 is 0 Å². The van der Waals surface area contributed by atoms with Gasteiger partial charge in [0.1, 0.15) is 6.04 Å². The van der Waals surface area contributed by atoms with Gasteiger partial charge in [-0.3, -0.25) is 9.59 Å². The molecule has 6 nitrogen and oxygen atoms in total. The first-order valence-electron chi connectivity index (χ1n) is 9.70. The fourth-order valence-electron chi connectivity index (χ4n) is 3.05. The van der Waals surface area contributed by atoms with Crippen LogP contribution in [0.15, 0.2) is 36.4 Å². The fraction of sp³-hybridized carbons (Fsp3) is 0.429. The summed E-state index contributed by atoms with van der Waals surface area (Å²) in [5.41, 5.74) is 2.12. The van der Waals surface area contributed by atoms with Crippen LogP contribution in [-0.2, 0) is 9.53 Å². The first kappa shape index (κ1) is 20.4. The van der Waals surface area contributed by atoms with Crippen molar-refractivity contribution >= 4 is 28.2 Å². The van der Waals surface area contributed by atoms with Crippen molar-refractivity contribution in [2.75, 3.05) is 37.7 Å². The molecule has 2 amide bonds. The number of benzene rings is 1. The number of morpholine rings is 1. The number of anilines is 1. The van der Waals surface area contributed by atoms with Crippen LogP contribution in [0.25, 0.3) is 11.1 Å². The lowest BCUT2D eigenvalue weighted by Gasteiger charge is -2.28. The Balaban J connectivity index is 1.82. The zero-order valence-corrected chi connectivity index (χ0v) is 17.2. The lowest BCUT2D eigenvalue weighted by Crippen LogP contribution is -2.44. The molecule has 1 atom stereocenters. The van der Waals surface area contributed by atoms with Gasteiger partial charge in [-0.25, -0.2) is 0 Å². The molecule has 1 fully saturated rings. The highest BCUT2D eigenvalue weighted by Gasteiger charge is 2.23. The molecule has 0 bridgehead atoms. The molecule has 0 aliphatic carbocycles. The SMILES string of the molecule is CCCNC(=O)[C@H](C)NC(=O)c1cc(-c2ccccc2)c(N2CCOCC2)s1. The van der Waals surface area contributed by atoms with Gasteiger partial charge in [-0.05, 0) is 25.0 Å². The van der Waals surface area contributed by atoms with Gasteiger partial charge in [0.2, 0.25) is 5.91 Å². The standard InChI is InChI=1S/C21H27N3O3S/c1-3-9-22-19(25)15(2)23-20(26)18-14-17(16-7-5-4-6-8-16)21(28-18)24-10-12-27-13-11-24/h4-8,14-15H,3,9-13H2,1-2H3,(H,22,25)(H,23,26)/t15-/m0/s1. The van der Waals surface area contributed by atoms with E-state index in [-0.39, 0.29) is 11.8 Å². The maximum Gasteiger partial charge on any atom is 0.262 e. The molecule has 0 spiro atoms. The maximum atomic E-state index is 12.8. The molecule has 2 heterocycles. The zero-order valence-electron chi connectivity index (χ0n) is 16.4. The number of rotatable bonds is 7. The Morgan fingerprint density at radius 2 is 1.93 bits per heavy atom. The van der Waals surface area contributed by atoms with E-state index in [9.17, 15) is 9.59 Å². The van der Waals surface area contributed by atoms with Crippen LogP contribution in [-0.4, -0.2) is 50.7 Å². The highest BCUT2D eigenvalue weighted by atomic mass is 32.1. The van der Waals surface area contributed by atoms with E-state index in [0.29, 0.717) is 24.6 Å². The number of amides is 2. The molecule has 1 aliphatic heterocycles. The van der Waals surface area contributed by atoms with E-state index >= 15 is 0 Å². The van der Waals surface area contributed by atoms with Crippen molar-refractivity contribution in [3.05, 3.63) is 41.3 Å². The largest absolute Gasteiger partial charge is 0.378 e. The summed E-state index contributed by atoms with van der Waals surface area (Å²) >= 11 is 1.47. The molecule has 1 aromatic heterocycles. The van der Waals surface area contributed by atoms with Gasteiger partial charge in [0.25, 0.3) is 5.91 Å². The Kier molecular flexibility index (Phi) is 7.06. The van der Waals surface area contributed by atoms with Crippen LogP contribution < -0.4 is 15.5 Å². The Morgan fingerprint density at radius 3 is 2.61 bits per heavy atom. The monoisotopic (exact) mass is 401 g/mol. The number of nitrogens with zero attached hydrogens (tertiary/aromatic N) is 1. The minimum Gasteiger partial charge on any atom is -0.378 e. The Labute approximate surface area is 169 Å². The molecule has 2 N–H and O–H groups in total. The molecule has 0 unspecified atom stereocenters. The molecule has 0 radical (unpaired) electrons. The Hall–Kier alpha value is -2.38. The van der Waals surface area contributed by atoms with Crippen molar-refractivity contribution in [1.29, 1.82) is 0 Å². The quantitative estimate of drug-likeness (QED) is 0.748. The summed E-state index contributed by atoms with van der Waals surface area (Å²) in [7, 11) is 0. The molecule has 1 aromatic carbocycles. The number of ether oxygens (including phenoxy) is 1. The average Bonchev–Trinajstić information content (AvgIpc) is 3.19. The number of hydrogen-bond donors (Lipinski definition) is 2. The van der Waals surface area contributed by atoms with E-state index in [1.807, 2.05) is 31.2 Å². The van der Waals surface area contributed by atoms with Crippen molar-refractivity contribution in [3.8, 4) is 11.1 Å². The lowest BCUT2D eigenvalue weighted by molar-refractivity contribution is -0.122. The van der Waals surface area contributed by atoms with Crippen LogP contribution in [0.5, 0.6) is 0 Å².